The lowest BCUT2D eigenvalue weighted by atomic mass is 10.0. The first kappa shape index (κ1) is 9.03. The van der Waals surface area contributed by atoms with E-state index in [0.717, 1.165) is 11.1 Å². The van der Waals surface area contributed by atoms with E-state index in [-0.39, 0.29) is 11.8 Å². The molecule has 0 bridgehead atoms. The van der Waals surface area contributed by atoms with Crippen LogP contribution >= 0.6 is 0 Å². The topological polar surface area (TPSA) is 72.3 Å². The number of phenols is 1. The predicted molar refractivity (Wildman–Crippen MR) is 48.8 cm³/mol. The average molecular weight is 166 g/mol. The molecular weight excluding hydrogens is 152 g/mol. The zero-order valence-electron chi connectivity index (χ0n) is 7.12. The minimum absolute atomic E-state index is 0.221. The molecule has 0 aromatic heterocycles. The zero-order valence-corrected chi connectivity index (χ0v) is 7.12. The van der Waals surface area contributed by atoms with Crippen molar-refractivity contribution >= 4 is 0 Å². The van der Waals surface area contributed by atoms with Crippen molar-refractivity contribution in [1.29, 1.82) is 0 Å². The van der Waals surface area contributed by atoms with E-state index in [4.69, 9.17) is 11.5 Å². The summed E-state index contributed by atoms with van der Waals surface area (Å²) in [5, 5.41) is 9.40. The van der Waals surface area contributed by atoms with Crippen LogP contribution in [0.1, 0.15) is 17.2 Å². The summed E-state index contributed by atoms with van der Waals surface area (Å²) in [6.07, 6.45) is 0. The highest BCUT2D eigenvalue weighted by atomic mass is 16.3. The number of benzene rings is 1. The van der Waals surface area contributed by atoms with E-state index in [2.05, 4.69) is 0 Å². The summed E-state index contributed by atoms with van der Waals surface area (Å²) < 4.78 is 0. The summed E-state index contributed by atoms with van der Waals surface area (Å²) in [5.74, 6) is 0.221. The molecule has 0 spiro atoms. The SMILES string of the molecule is Cc1ccc(O)c(C(N)CN)c1. The largest absolute Gasteiger partial charge is 0.508 e. The molecule has 0 heterocycles. The Kier molecular flexibility index (Phi) is 2.68. The van der Waals surface area contributed by atoms with Gasteiger partial charge in [0.1, 0.15) is 5.75 Å². The van der Waals surface area contributed by atoms with Gasteiger partial charge in [-0.2, -0.15) is 0 Å². The zero-order chi connectivity index (χ0) is 9.14. The van der Waals surface area contributed by atoms with Crippen LogP contribution in [0.15, 0.2) is 18.2 Å². The van der Waals surface area contributed by atoms with Crippen LogP contribution in [0.3, 0.4) is 0 Å². The van der Waals surface area contributed by atoms with Gasteiger partial charge in [-0.05, 0) is 13.0 Å². The molecule has 0 saturated heterocycles. The van der Waals surface area contributed by atoms with Crippen molar-refractivity contribution in [1.82, 2.24) is 0 Å². The molecule has 12 heavy (non-hydrogen) atoms. The summed E-state index contributed by atoms with van der Waals surface area (Å²) in [6, 6.07) is 5.06. The fourth-order valence-electron chi connectivity index (χ4n) is 1.10. The predicted octanol–water partition coefficient (Wildman–Crippen LogP) is 0.659. The molecule has 0 radical (unpaired) electrons. The third kappa shape index (κ3) is 1.75. The highest BCUT2D eigenvalue weighted by Crippen LogP contribution is 2.22. The highest BCUT2D eigenvalue weighted by molar-refractivity contribution is 5.37. The van der Waals surface area contributed by atoms with Crippen molar-refractivity contribution in [2.24, 2.45) is 11.5 Å². The molecule has 3 nitrogen and oxygen atoms in total. The maximum absolute atomic E-state index is 9.40. The van der Waals surface area contributed by atoms with E-state index in [1.165, 1.54) is 0 Å². The molecule has 5 N–H and O–H groups in total. The van der Waals surface area contributed by atoms with Crippen LogP contribution in [-0.4, -0.2) is 11.7 Å². The summed E-state index contributed by atoms with van der Waals surface area (Å²) in [5.41, 5.74) is 12.9. The second-order valence-corrected chi connectivity index (χ2v) is 2.90. The van der Waals surface area contributed by atoms with Crippen molar-refractivity contribution in [3.8, 4) is 5.75 Å². The van der Waals surface area contributed by atoms with E-state index in [1.807, 2.05) is 19.1 Å². The summed E-state index contributed by atoms with van der Waals surface area (Å²) >= 11 is 0. The lowest BCUT2D eigenvalue weighted by Gasteiger charge is -2.11. The van der Waals surface area contributed by atoms with E-state index in [9.17, 15) is 5.11 Å². The molecule has 0 amide bonds. The smallest absolute Gasteiger partial charge is 0.120 e. The van der Waals surface area contributed by atoms with Crippen molar-refractivity contribution < 1.29 is 5.11 Å². The van der Waals surface area contributed by atoms with Gasteiger partial charge in [-0.3, -0.25) is 0 Å². The minimum Gasteiger partial charge on any atom is -0.508 e. The van der Waals surface area contributed by atoms with Crippen LogP contribution in [0, 0.1) is 6.92 Å². The van der Waals surface area contributed by atoms with Crippen molar-refractivity contribution in [3.63, 3.8) is 0 Å². The Balaban J connectivity index is 3.04. The lowest BCUT2D eigenvalue weighted by Crippen LogP contribution is -2.20. The molecule has 0 aliphatic carbocycles. The molecule has 1 atom stereocenters. The number of aryl methyl sites for hydroxylation is 1. The molecule has 1 rings (SSSR count). The van der Waals surface area contributed by atoms with Crippen molar-refractivity contribution in [3.05, 3.63) is 29.3 Å². The first-order valence-electron chi connectivity index (χ1n) is 3.90. The fraction of sp³-hybridized carbons (Fsp3) is 0.333. The van der Waals surface area contributed by atoms with Crippen LogP contribution in [0.4, 0.5) is 0 Å². The fourth-order valence-corrected chi connectivity index (χ4v) is 1.10. The van der Waals surface area contributed by atoms with Gasteiger partial charge in [0.25, 0.3) is 0 Å². The average Bonchev–Trinajstić information content (AvgIpc) is 2.08. The Morgan fingerprint density at radius 3 is 2.75 bits per heavy atom. The van der Waals surface area contributed by atoms with E-state index in [1.54, 1.807) is 6.07 Å². The van der Waals surface area contributed by atoms with Gasteiger partial charge in [-0.1, -0.05) is 17.7 Å². The van der Waals surface area contributed by atoms with Gasteiger partial charge >= 0.3 is 0 Å². The van der Waals surface area contributed by atoms with Crippen molar-refractivity contribution in [2.45, 2.75) is 13.0 Å². The number of hydrogen-bond donors (Lipinski definition) is 3. The van der Waals surface area contributed by atoms with Gasteiger partial charge in [0.05, 0.1) is 0 Å². The van der Waals surface area contributed by atoms with Gasteiger partial charge < -0.3 is 16.6 Å². The monoisotopic (exact) mass is 166 g/mol. The Labute approximate surface area is 72.0 Å². The maximum atomic E-state index is 9.40. The van der Waals surface area contributed by atoms with E-state index < -0.39 is 0 Å². The van der Waals surface area contributed by atoms with Crippen LogP contribution < -0.4 is 11.5 Å². The molecule has 0 saturated carbocycles. The van der Waals surface area contributed by atoms with Gasteiger partial charge in [0.2, 0.25) is 0 Å². The first-order chi connectivity index (χ1) is 5.65. The molecule has 1 unspecified atom stereocenters. The van der Waals surface area contributed by atoms with Crippen LogP contribution in [0.2, 0.25) is 0 Å². The van der Waals surface area contributed by atoms with Gasteiger partial charge in [0, 0.05) is 18.2 Å². The molecule has 1 aromatic rings. The van der Waals surface area contributed by atoms with Gasteiger partial charge in [-0.25, -0.2) is 0 Å². The molecular formula is C9H14N2O. The Morgan fingerprint density at radius 2 is 2.17 bits per heavy atom. The van der Waals surface area contributed by atoms with E-state index >= 15 is 0 Å². The Morgan fingerprint density at radius 1 is 1.50 bits per heavy atom. The summed E-state index contributed by atoms with van der Waals surface area (Å²) in [6.45, 7) is 2.29. The number of hydrogen-bond acceptors (Lipinski definition) is 3. The quantitative estimate of drug-likeness (QED) is 0.604. The number of rotatable bonds is 2. The van der Waals surface area contributed by atoms with Crippen LogP contribution in [0.5, 0.6) is 5.75 Å². The van der Waals surface area contributed by atoms with E-state index in [0.29, 0.717) is 6.54 Å². The Hall–Kier alpha value is -1.06. The lowest BCUT2D eigenvalue weighted by molar-refractivity contribution is 0.462. The normalized spacial score (nSPS) is 12.9. The number of phenolic OH excluding ortho intramolecular Hbond substituents is 1. The second kappa shape index (κ2) is 3.56. The third-order valence-corrected chi connectivity index (χ3v) is 1.84. The second-order valence-electron chi connectivity index (χ2n) is 2.90. The van der Waals surface area contributed by atoms with Crippen molar-refractivity contribution in [2.75, 3.05) is 6.54 Å². The Bertz CT molecular complexity index is 273. The third-order valence-electron chi connectivity index (χ3n) is 1.84. The first-order valence-corrected chi connectivity index (χ1v) is 3.90. The maximum Gasteiger partial charge on any atom is 0.120 e. The highest BCUT2D eigenvalue weighted by Gasteiger charge is 2.08. The number of aromatic hydroxyl groups is 1. The minimum atomic E-state index is -0.273. The molecule has 0 aliphatic rings. The van der Waals surface area contributed by atoms with Crippen LogP contribution in [-0.2, 0) is 0 Å². The standard InChI is InChI=1S/C9H14N2O/c1-6-2-3-9(12)7(4-6)8(11)5-10/h2-4,8,12H,5,10-11H2,1H3. The summed E-state index contributed by atoms with van der Waals surface area (Å²) in [7, 11) is 0. The van der Waals surface area contributed by atoms with Crippen LogP contribution in [0.25, 0.3) is 0 Å². The molecule has 66 valence electrons. The molecule has 0 fully saturated rings. The van der Waals surface area contributed by atoms with Gasteiger partial charge in [0.15, 0.2) is 0 Å². The molecule has 1 aromatic carbocycles. The number of nitrogens with two attached hydrogens (primary N) is 2. The molecule has 3 heteroatoms. The molecule has 0 aliphatic heterocycles. The van der Waals surface area contributed by atoms with Gasteiger partial charge in [-0.15, -0.1) is 0 Å². The summed E-state index contributed by atoms with van der Waals surface area (Å²) in [4.78, 5) is 0.